The molecular weight excluding hydrogens is 342 g/mol. The molecule has 3 unspecified atom stereocenters. The number of likely N-dealkylation sites (tertiary alicyclic amines) is 1. The Morgan fingerprint density at radius 2 is 2.00 bits per heavy atom. The molecule has 3 aliphatic heterocycles. The van der Waals surface area contributed by atoms with Crippen LogP contribution in [0.4, 0.5) is 0 Å². The fraction of sp³-hybridized carbons (Fsp3) is 0.750. The number of piperidine rings is 1. The highest BCUT2D eigenvalue weighted by Gasteiger charge is 2.43. The Bertz CT molecular complexity index is 631. The number of nitrogens with one attached hydrogen (secondary N) is 1. The minimum absolute atomic E-state index is 0.0338. The van der Waals surface area contributed by atoms with E-state index in [1.807, 2.05) is 0 Å². The number of esters is 1. The monoisotopic (exact) mass is 365 g/mol. The van der Waals surface area contributed by atoms with Gasteiger partial charge in [-0.1, -0.05) is 5.22 Å². The highest BCUT2D eigenvalue weighted by atomic mass is 16.6. The molecule has 26 heavy (non-hydrogen) atoms. The van der Waals surface area contributed by atoms with Crippen LogP contribution in [0.2, 0.25) is 0 Å². The van der Waals surface area contributed by atoms with Crippen molar-refractivity contribution in [1.29, 1.82) is 5.41 Å². The number of ether oxygens (including phenoxy) is 2. The van der Waals surface area contributed by atoms with Crippen LogP contribution in [-0.4, -0.2) is 71.5 Å². The minimum Gasteiger partial charge on any atom is -0.463 e. The van der Waals surface area contributed by atoms with E-state index < -0.39 is 29.9 Å². The predicted octanol–water partition coefficient (Wildman–Crippen LogP) is 0.665. The topological polar surface area (TPSA) is 125 Å². The molecule has 3 atom stereocenters. The third-order valence-electron chi connectivity index (χ3n) is 4.72. The minimum atomic E-state index is -1.17. The van der Waals surface area contributed by atoms with Gasteiger partial charge >= 0.3 is 11.9 Å². The molecule has 1 N–H and O–H groups in total. The van der Waals surface area contributed by atoms with Crippen LogP contribution in [-0.2, 0) is 23.9 Å². The second-order valence-corrected chi connectivity index (χ2v) is 6.65. The van der Waals surface area contributed by atoms with Crippen molar-refractivity contribution in [2.24, 2.45) is 10.3 Å². The lowest BCUT2D eigenvalue weighted by Crippen LogP contribution is -2.52. The first-order chi connectivity index (χ1) is 12.5. The number of ketones is 1. The van der Waals surface area contributed by atoms with E-state index in [9.17, 15) is 14.4 Å². The van der Waals surface area contributed by atoms with Crippen molar-refractivity contribution in [3.8, 4) is 0 Å². The molecule has 0 aliphatic carbocycles. The Balaban J connectivity index is 1.61. The SMILES string of the molecule is CC(=O)OCC1CCC(N2N=NC(C(=N)N3CCCCC3)C(=O)C2=O)O1. The molecule has 3 heterocycles. The molecule has 2 saturated heterocycles. The summed E-state index contributed by atoms with van der Waals surface area (Å²) >= 11 is 0. The van der Waals surface area contributed by atoms with E-state index in [2.05, 4.69) is 10.3 Å². The smallest absolute Gasteiger partial charge is 0.316 e. The number of amidine groups is 1. The Hall–Kier alpha value is -2.36. The van der Waals surface area contributed by atoms with Crippen LogP contribution >= 0.6 is 0 Å². The molecule has 1 amide bonds. The zero-order valence-corrected chi connectivity index (χ0v) is 14.7. The van der Waals surface area contributed by atoms with Crippen molar-refractivity contribution in [2.45, 2.75) is 57.4 Å². The maximum Gasteiger partial charge on any atom is 0.316 e. The third-order valence-corrected chi connectivity index (χ3v) is 4.72. The summed E-state index contributed by atoms with van der Waals surface area (Å²) in [6, 6.07) is -1.17. The van der Waals surface area contributed by atoms with E-state index in [1.54, 1.807) is 4.90 Å². The summed E-state index contributed by atoms with van der Waals surface area (Å²) in [7, 11) is 0. The molecule has 0 spiro atoms. The lowest BCUT2D eigenvalue weighted by molar-refractivity contribution is -0.161. The van der Waals surface area contributed by atoms with Crippen LogP contribution in [0.25, 0.3) is 0 Å². The van der Waals surface area contributed by atoms with Gasteiger partial charge in [0.25, 0.3) is 5.78 Å². The summed E-state index contributed by atoms with van der Waals surface area (Å²) in [5, 5.41) is 16.9. The third kappa shape index (κ3) is 3.90. The van der Waals surface area contributed by atoms with Gasteiger partial charge in [-0.05, 0) is 32.1 Å². The average Bonchev–Trinajstić information content (AvgIpc) is 3.11. The summed E-state index contributed by atoms with van der Waals surface area (Å²) in [5.74, 6) is -1.95. The van der Waals surface area contributed by atoms with Crippen molar-refractivity contribution in [3.05, 3.63) is 0 Å². The molecule has 10 nitrogen and oxygen atoms in total. The summed E-state index contributed by atoms with van der Waals surface area (Å²) in [6.07, 6.45) is 3.02. The fourth-order valence-electron chi connectivity index (χ4n) is 3.30. The Morgan fingerprint density at radius 1 is 1.27 bits per heavy atom. The zero-order chi connectivity index (χ0) is 18.7. The molecule has 10 heteroatoms. The first kappa shape index (κ1) is 18.4. The van der Waals surface area contributed by atoms with Gasteiger partial charge in [-0.2, -0.15) is 10.1 Å². The Labute approximate surface area is 151 Å². The van der Waals surface area contributed by atoms with Gasteiger partial charge in [-0.3, -0.25) is 19.8 Å². The van der Waals surface area contributed by atoms with E-state index in [1.165, 1.54) is 6.92 Å². The maximum atomic E-state index is 12.4. The molecule has 2 fully saturated rings. The largest absolute Gasteiger partial charge is 0.463 e. The number of rotatable bonds is 4. The summed E-state index contributed by atoms with van der Waals surface area (Å²) in [4.78, 5) is 37.5. The summed E-state index contributed by atoms with van der Waals surface area (Å²) in [5.41, 5.74) is 0. The van der Waals surface area contributed by atoms with Crippen LogP contribution in [0.15, 0.2) is 10.3 Å². The molecule has 0 radical (unpaired) electrons. The molecule has 0 saturated carbocycles. The number of carbonyl (C=O) groups excluding carboxylic acids is 3. The number of nitrogens with zero attached hydrogens (tertiary/aromatic N) is 4. The molecule has 0 aromatic heterocycles. The van der Waals surface area contributed by atoms with Gasteiger partial charge in [0.05, 0.1) is 6.10 Å². The first-order valence-corrected chi connectivity index (χ1v) is 8.87. The normalized spacial score (nSPS) is 29.2. The fourth-order valence-corrected chi connectivity index (χ4v) is 3.30. The van der Waals surface area contributed by atoms with E-state index in [4.69, 9.17) is 14.9 Å². The van der Waals surface area contributed by atoms with E-state index in [0.717, 1.165) is 24.3 Å². The lowest BCUT2D eigenvalue weighted by Gasteiger charge is -2.33. The molecule has 142 valence electrons. The van der Waals surface area contributed by atoms with Gasteiger partial charge in [0.1, 0.15) is 12.4 Å². The van der Waals surface area contributed by atoms with E-state index in [0.29, 0.717) is 25.9 Å². The zero-order valence-electron chi connectivity index (χ0n) is 14.7. The number of hydrogen-bond acceptors (Lipinski definition) is 8. The standard InChI is InChI=1S/C16H23N5O5/c1-10(22)25-9-11-5-6-12(26-11)21-16(24)14(23)13(18-19-21)15(17)20-7-3-2-4-8-20/h11-13,17H,2-9H2,1H3. The van der Waals surface area contributed by atoms with Crippen molar-refractivity contribution < 1.29 is 23.9 Å². The van der Waals surface area contributed by atoms with Crippen molar-refractivity contribution in [2.75, 3.05) is 19.7 Å². The van der Waals surface area contributed by atoms with Crippen LogP contribution in [0.1, 0.15) is 39.0 Å². The predicted molar refractivity (Wildman–Crippen MR) is 88.2 cm³/mol. The highest BCUT2D eigenvalue weighted by molar-refractivity contribution is 6.42. The van der Waals surface area contributed by atoms with E-state index in [-0.39, 0.29) is 18.5 Å². The molecule has 0 bridgehead atoms. The van der Waals surface area contributed by atoms with Crippen molar-refractivity contribution in [1.82, 2.24) is 9.91 Å². The van der Waals surface area contributed by atoms with E-state index >= 15 is 0 Å². The molecule has 3 aliphatic rings. The molecular formula is C16H23N5O5. The Morgan fingerprint density at radius 3 is 2.69 bits per heavy atom. The van der Waals surface area contributed by atoms with Crippen molar-refractivity contribution in [3.63, 3.8) is 0 Å². The number of carbonyl (C=O) groups is 3. The average molecular weight is 365 g/mol. The van der Waals surface area contributed by atoms with Gasteiger partial charge in [0.2, 0.25) is 0 Å². The van der Waals surface area contributed by atoms with Crippen LogP contribution < -0.4 is 0 Å². The lowest BCUT2D eigenvalue weighted by atomic mass is 10.1. The molecule has 0 aromatic rings. The highest BCUT2D eigenvalue weighted by Crippen LogP contribution is 2.26. The van der Waals surface area contributed by atoms with Crippen LogP contribution in [0.5, 0.6) is 0 Å². The summed E-state index contributed by atoms with van der Waals surface area (Å²) < 4.78 is 10.5. The number of Topliss-reactive ketones (excluding diaryl/α,β-unsaturated/α-hetero) is 1. The number of amides is 1. The van der Waals surface area contributed by atoms with Crippen molar-refractivity contribution >= 4 is 23.5 Å². The molecule has 3 rings (SSSR count). The second-order valence-electron chi connectivity index (χ2n) is 6.65. The quantitative estimate of drug-likeness (QED) is 0.338. The van der Waals surface area contributed by atoms with Gasteiger partial charge in [-0.25, -0.2) is 0 Å². The van der Waals surface area contributed by atoms with Crippen LogP contribution in [0.3, 0.4) is 0 Å². The van der Waals surface area contributed by atoms with Gasteiger partial charge in [0.15, 0.2) is 12.3 Å². The van der Waals surface area contributed by atoms with Crippen LogP contribution in [0, 0.1) is 5.41 Å². The number of hydrogen-bond donors (Lipinski definition) is 1. The first-order valence-electron chi connectivity index (χ1n) is 8.87. The second kappa shape index (κ2) is 7.90. The van der Waals surface area contributed by atoms with Gasteiger partial charge in [-0.15, -0.1) is 0 Å². The van der Waals surface area contributed by atoms with Gasteiger partial charge < -0.3 is 14.4 Å². The maximum absolute atomic E-state index is 12.4. The van der Waals surface area contributed by atoms with Gasteiger partial charge in [0, 0.05) is 20.0 Å². The summed E-state index contributed by atoms with van der Waals surface area (Å²) in [6.45, 7) is 2.80. The Kier molecular flexibility index (Phi) is 5.60. The molecule has 0 aromatic carbocycles.